The van der Waals surface area contributed by atoms with E-state index in [1.165, 1.54) is 18.9 Å². The first-order valence-corrected chi connectivity index (χ1v) is 10.2. The largest absolute Gasteiger partial charge is 0.465 e. The highest BCUT2D eigenvalue weighted by Crippen LogP contribution is 2.49. The minimum atomic E-state index is -0.442. The van der Waals surface area contributed by atoms with Gasteiger partial charge in [-0.15, -0.1) is 0 Å². The molecule has 6 heteroatoms. The summed E-state index contributed by atoms with van der Waals surface area (Å²) in [6, 6.07) is 15.2. The summed E-state index contributed by atoms with van der Waals surface area (Å²) in [5, 5.41) is 0.726. The molecule has 1 aromatic carbocycles. The molecule has 3 heterocycles. The monoisotopic (exact) mass is 394 g/mol. The van der Waals surface area contributed by atoms with Crippen LogP contribution in [0.2, 0.25) is 0 Å². The molecule has 0 radical (unpaired) electrons. The Labute approximate surface area is 168 Å². The van der Waals surface area contributed by atoms with E-state index in [1.807, 2.05) is 59.5 Å². The molecule has 5 nitrogen and oxygen atoms in total. The summed E-state index contributed by atoms with van der Waals surface area (Å²) in [4.78, 5) is 32.5. The minimum absolute atomic E-state index is 0.0314. The van der Waals surface area contributed by atoms with Crippen molar-refractivity contribution in [3.63, 3.8) is 0 Å². The van der Waals surface area contributed by atoms with Gasteiger partial charge in [0, 0.05) is 17.8 Å². The van der Waals surface area contributed by atoms with Crippen molar-refractivity contribution in [3.8, 4) is 0 Å². The Hall–Kier alpha value is -2.60. The maximum Gasteiger partial charge on any atom is 0.344 e. The van der Waals surface area contributed by atoms with E-state index >= 15 is 0 Å². The van der Waals surface area contributed by atoms with Crippen LogP contribution in [0.3, 0.4) is 0 Å². The topological polar surface area (TPSA) is 59.5 Å². The van der Waals surface area contributed by atoms with Crippen LogP contribution in [0.1, 0.15) is 36.0 Å². The van der Waals surface area contributed by atoms with Gasteiger partial charge in [-0.2, -0.15) is 0 Å². The Bertz CT molecular complexity index is 891. The van der Waals surface area contributed by atoms with Gasteiger partial charge in [-0.3, -0.25) is 4.79 Å². The molecular weight excluding hydrogens is 372 g/mol. The van der Waals surface area contributed by atoms with Crippen molar-refractivity contribution >= 4 is 23.6 Å². The number of thioether (sulfide) groups is 1. The second-order valence-corrected chi connectivity index (χ2v) is 8.21. The third-order valence-electron chi connectivity index (χ3n) is 5.54. The zero-order valence-electron chi connectivity index (χ0n) is 15.7. The number of hydrogen-bond donors (Lipinski definition) is 0. The number of pyridine rings is 1. The first kappa shape index (κ1) is 18.7. The number of ether oxygens (including phenoxy) is 1. The van der Waals surface area contributed by atoms with Crippen LogP contribution in [-0.4, -0.2) is 40.5 Å². The van der Waals surface area contributed by atoms with E-state index in [0.29, 0.717) is 10.5 Å². The number of carbonyl (C=O) groups excluding carboxylic acids is 2. The fraction of sp³-hybridized carbons (Fsp3) is 0.318. The van der Waals surface area contributed by atoms with Crippen molar-refractivity contribution in [2.45, 2.75) is 42.3 Å². The van der Waals surface area contributed by atoms with Gasteiger partial charge in [-0.1, -0.05) is 36.0 Å². The van der Waals surface area contributed by atoms with Gasteiger partial charge in [0.25, 0.3) is 5.91 Å². The third-order valence-corrected chi connectivity index (χ3v) is 6.50. The van der Waals surface area contributed by atoms with Crippen LogP contribution in [0, 0.1) is 0 Å². The average Bonchev–Trinajstić information content (AvgIpc) is 3.28. The van der Waals surface area contributed by atoms with Crippen LogP contribution in [-0.2, 0) is 9.53 Å². The molecule has 0 spiro atoms. The maximum atomic E-state index is 13.3. The highest BCUT2D eigenvalue weighted by atomic mass is 32.2. The van der Waals surface area contributed by atoms with Gasteiger partial charge in [0.2, 0.25) is 0 Å². The number of nitrogens with zero attached hydrogens (tertiary/aromatic N) is 2. The second kappa shape index (κ2) is 7.80. The number of hydrogen-bond acceptors (Lipinski definition) is 5. The summed E-state index contributed by atoms with van der Waals surface area (Å²) < 4.78 is 5.02. The van der Waals surface area contributed by atoms with E-state index in [-0.39, 0.29) is 11.9 Å². The Morgan fingerprint density at radius 2 is 1.86 bits per heavy atom. The Kier molecular flexibility index (Phi) is 5.22. The van der Waals surface area contributed by atoms with Crippen LogP contribution in [0.4, 0.5) is 0 Å². The summed E-state index contributed by atoms with van der Waals surface area (Å²) in [5.74, 6) is -0.364. The predicted octanol–water partition coefficient (Wildman–Crippen LogP) is 4.07. The van der Waals surface area contributed by atoms with Crippen molar-refractivity contribution in [1.82, 2.24) is 9.88 Å². The summed E-state index contributed by atoms with van der Waals surface area (Å²) in [6.07, 6.45) is 7.28. The number of rotatable bonds is 5. The molecule has 2 aliphatic rings. The van der Waals surface area contributed by atoms with Gasteiger partial charge >= 0.3 is 5.97 Å². The highest BCUT2D eigenvalue weighted by Gasteiger charge is 2.53. The van der Waals surface area contributed by atoms with E-state index in [2.05, 4.69) is 4.98 Å². The van der Waals surface area contributed by atoms with Crippen LogP contribution >= 0.6 is 11.8 Å². The standard InChI is InChI=1S/C22H22N2O3S/c1-27-21(26)18(28-19-9-5-6-14-23-19)15-22-12-10-17(11-13-22)24(22)20(25)16-7-3-2-4-8-16/h2-9,14-15,17H,10-13H2,1H3/b18-15+. The van der Waals surface area contributed by atoms with Gasteiger partial charge < -0.3 is 9.64 Å². The number of carbonyl (C=O) groups is 2. The number of methoxy groups -OCH3 is 1. The fourth-order valence-electron chi connectivity index (χ4n) is 4.26. The van der Waals surface area contributed by atoms with Gasteiger partial charge in [0.15, 0.2) is 0 Å². The van der Waals surface area contributed by atoms with Crippen LogP contribution in [0.15, 0.2) is 70.7 Å². The molecule has 2 aromatic rings. The first-order chi connectivity index (χ1) is 13.6. The lowest BCUT2D eigenvalue weighted by atomic mass is 9.87. The maximum absolute atomic E-state index is 13.3. The minimum Gasteiger partial charge on any atom is -0.465 e. The molecule has 0 atom stereocenters. The van der Waals surface area contributed by atoms with E-state index in [1.54, 1.807) is 6.20 Å². The zero-order valence-corrected chi connectivity index (χ0v) is 16.5. The summed E-state index contributed by atoms with van der Waals surface area (Å²) >= 11 is 1.29. The van der Waals surface area contributed by atoms with Gasteiger partial charge in [0.05, 0.1) is 17.6 Å². The van der Waals surface area contributed by atoms with Crippen LogP contribution in [0.25, 0.3) is 0 Å². The molecular formula is C22H22N2O3S. The Morgan fingerprint density at radius 3 is 2.50 bits per heavy atom. The molecule has 2 fully saturated rings. The summed E-state index contributed by atoms with van der Waals surface area (Å²) in [7, 11) is 1.38. The van der Waals surface area contributed by atoms with Crippen molar-refractivity contribution in [2.24, 2.45) is 0 Å². The van der Waals surface area contributed by atoms with E-state index < -0.39 is 11.5 Å². The van der Waals surface area contributed by atoms with Gasteiger partial charge in [0.1, 0.15) is 5.03 Å². The summed E-state index contributed by atoms with van der Waals surface area (Å²) in [5.41, 5.74) is 0.245. The number of fused-ring (bicyclic) bond motifs is 2. The molecule has 2 aliphatic heterocycles. The van der Waals surface area contributed by atoms with Crippen molar-refractivity contribution in [3.05, 3.63) is 71.3 Å². The molecule has 0 aliphatic carbocycles. The van der Waals surface area contributed by atoms with Crippen LogP contribution < -0.4 is 0 Å². The molecule has 4 rings (SSSR count). The van der Waals surface area contributed by atoms with Crippen molar-refractivity contribution < 1.29 is 14.3 Å². The quantitative estimate of drug-likeness (QED) is 0.435. The predicted molar refractivity (Wildman–Crippen MR) is 108 cm³/mol. The lowest BCUT2D eigenvalue weighted by Crippen LogP contribution is -2.44. The SMILES string of the molecule is COC(=O)/C(=C\C12CCC(CC1)N2C(=O)c1ccccc1)Sc1ccccn1. The molecule has 2 saturated heterocycles. The van der Waals surface area contributed by atoms with Crippen molar-refractivity contribution in [2.75, 3.05) is 7.11 Å². The smallest absolute Gasteiger partial charge is 0.344 e. The first-order valence-electron chi connectivity index (χ1n) is 9.42. The zero-order chi connectivity index (χ0) is 19.6. The molecule has 2 bridgehead atoms. The lowest BCUT2D eigenvalue weighted by molar-refractivity contribution is -0.135. The molecule has 28 heavy (non-hydrogen) atoms. The van der Waals surface area contributed by atoms with E-state index in [4.69, 9.17) is 4.74 Å². The number of amides is 1. The summed E-state index contributed by atoms with van der Waals surface area (Å²) in [6.45, 7) is 0. The molecule has 0 saturated carbocycles. The Morgan fingerprint density at radius 1 is 1.14 bits per heavy atom. The average molecular weight is 394 g/mol. The molecule has 0 unspecified atom stereocenters. The molecule has 1 aromatic heterocycles. The number of aromatic nitrogens is 1. The van der Waals surface area contributed by atoms with Gasteiger partial charge in [-0.05, 0) is 56.0 Å². The molecule has 1 amide bonds. The van der Waals surface area contributed by atoms with E-state index in [9.17, 15) is 9.59 Å². The van der Waals surface area contributed by atoms with Crippen molar-refractivity contribution in [1.29, 1.82) is 0 Å². The lowest BCUT2D eigenvalue weighted by Gasteiger charge is -2.33. The van der Waals surface area contributed by atoms with Crippen LogP contribution in [0.5, 0.6) is 0 Å². The normalized spacial score (nSPS) is 23.7. The number of benzene rings is 1. The molecule has 144 valence electrons. The second-order valence-electron chi connectivity index (χ2n) is 7.15. The van der Waals surface area contributed by atoms with E-state index in [0.717, 1.165) is 30.7 Å². The number of esters is 1. The fourth-order valence-corrected chi connectivity index (χ4v) is 5.19. The highest BCUT2D eigenvalue weighted by molar-refractivity contribution is 8.03. The Balaban J connectivity index is 1.69. The third kappa shape index (κ3) is 3.44. The molecule has 0 N–H and O–H groups in total. The van der Waals surface area contributed by atoms with Gasteiger partial charge in [-0.25, -0.2) is 9.78 Å².